The number of benzene rings is 9. The Balaban J connectivity index is 1.46. The summed E-state index contributed by atoms with van der Waals surface area (Å²) in [5.41, 5.74) is 11.4. The van der Waals surface area contributed by atoms with Gasteiger partial charge in [0.15, 0.2) is 0 Å². The summed E-state index contributed by atoms with van der Waals surface area (Å²) in [6, 6.07) is 65.7. The fraction of sp³-hybridized carbons (Fsp3) is 0. The van der Waals surface area contributed by atoms with Crippen LogP contribution < -0.4 is 0 Å². The first-order valence-corrected chi connectivity index (χ1v) is 16.9. The molecule has 0 aliphatic carbocycles. The zero-order valence-corrected chi connectivity index (χ0v) is 26.7. The third kappa shape index (κ3) is 4.26. The molecule has 0 atom stereocenters. The van der Waals surface area contributed by atoms with E-state index in [0.717, 1.165) is 38.6 Å². The van der Waals surface area contributed by atoms with E-state index in [1.807, 2.05) is 0 Å². The van der Waals surface area contributed by atoms with Crippen molar-refractivity contribution in [3.05, 3.63) is 182 Å². The van der Waals surface area contributed by atoms with Crippen LogP contribution in [-0.2, 0) is 0 Å². The topological polar surface area (TPSA) is 13.1 Å². The lowest BCUT2D eigenvalue weighted by atomic mass is 9.79. The molecule has 9 aromatic carbocycles. The summed E-state index contributed by atoms with van der Waals surface area (Å²) in [5.74, 6) is 0. The standard InChI is InChI=1S/C48H30O/c1-3-16-32(17-4-1)41-30-43-47(40-27-13-14-29-42(40)49-43)44(33-19-5-2-6-20-33)48(41)46-38-25-11-9-23-36(38)45(37-24-10-12-26-39(37)46)35-28-15-21-31-18-7-8-22-34(31)35/h1-30H. The van der Waals surface area contributed by atoms with Gasteiger partial charge in [-0.3, -0.25) is 0 Å². The Hall–Kier alpha value is -6.44. The van der Waals surface area contributed by atoms with E-state index in [-0.39, 0.29) is 0 Å². The number of para-hydroxylation sites is 1. The Bertz CT molecular complexity index is 2800. The van der Waals surface area contributed by atoms with Gasteiger partial charge in [-0.25, -0.2) is 0 Å². The molecule has 0 N–H and O–H groups in total. The Morgan fingerprint density at radius 3 is 1.47 bits per heavy atom. The molecular weight excluding hydrogens is 593 g/mol. The molecule has 1 aromatic heterocycles. The van der Waals surface area contributed by atoms with Crippen molar-refractivity contribution in [1.29, 1.82) is 0 Å². The van der Waals surface area contributed by atoms with E-state index in [2.05, 4.69) is 182 Å². The van der Waals surface area contributed by atoms with Crippen LogP contribution in [0, 0.1) is 0 Å². The summed E-state index contributed by atoms with van der Waals surface area (Å²) >= 11 is 0. The molecule has 1 heteroatoms. The molecule has 49 heavy (non-hydrogen) atoms. The third-order valence-electron chi connectivity index (χ3n) is 10.1. The van der Waals surface area contributed by atoms with Gasteiger partial charge in [0, 0.05) is 16.3 Å². The van der Waals surface area contributed by atoms with Gasteiger partial charge in [-0.2, -0.15) is 0 Å². The molecule has 0 radical (unpaired) electrons. The third-order valence-corrected chi connectivity index (χ3v) is 10.1. The van der Waals surface area contributed by atoms with Gasteiger partial charge in [0.05, 0.1) is 0 Å². The molecule has 1 heterocycles. The smallest absolute Gasteiger partial charge is 0.136 e. The fourth-order valence-electron chi connectivity index (χ4n) is 8.02. The summed E-state index contributed by atoms with van der Waals surface area (Å²) in [6.07, 6.45) is 0. The Morgan fingerprint density at radius 2 is 0.796 bits per heavy atom. The normalized spacial score (nSPS) is 11.7. The first-order chi connectivity index (χ1) is 24.3. The SMILES string of the molecule is c1ccc(-c2cc3oc4ccccc4c3c(-c3ccccc3)c2-c2c3ccccc3c(-c3cccc4ccccc34)c3ccccc23)cc1. The molecule has 0 spiro atoms. The maximum absolute atomic E-state index is 6.66. The van der Waals surface area contributed by atoms with Crippen LogP contribution in [0.1, 0.15) is 0 Å². The zero-order chi connectivity index (χ0) is 32.3. The van der Waals surface area contributed by atoms with Crippen LogP contribution in [0.25, 0.3) is 98.8 Å². The first-order valence-electron chi connectivity index (χ1n) is 16.9. The highest BCUT2D eigenvalue weighted by Crippen LogP contribution is 2.53. The Kier molecular flexibility index (Phi) is 6.25. The molecule has 0 amide bonds. The van der Waals surface area contributed by atoms with Crippen LogP contribution in [0.3, 0.4) is 0 Å². The highest BCUT2D eigenvalue weighted by atomic mass is 16.3. The fourth-order valence-corrected chi connectivity index (χ4v) is 8.02. The van der Waals surface area contributed by atoms with E-state index in [0.29, 0.717) is 0 Å². The van der Waals surface area contributed by atoms with Gasteiger partial charge in [-0.05, 0) is 83.4 Å². The monoisotopic (exact) mass is 622 g/mol. The van der Waals surface area contributed by atoms with Gasteiger partial charge >= 0.3 is 0 Å². The van der Waals surface area contributed by atoms with Gasteiger partial charge in [0.1, 0.15) is 11.2 Å². The van der Waals surface area contributed by atoms with Crippen LogP contribution in [0.5, 0.6) is 0 Å². The lowest BCUT2D eigenvalue weighted by molar-refractivity contribution is 0.669. The second kappa shape index (κ2) is 11.1. The van der Waals surface area contributed by atoms with Crippen molar-refractivity contribution >= 4 is 54.3 Å². The molecule has 0 unspecified atom stereocenters. The maximum atomic E-state index is 6.66. The van der Waals surface area contributed by atoms with E-state index in [4.69, 9.17) is 4.42 Å². The van der Waals surface area contributed by atoms with Gasteiger partial charge in [-0.15, -0.1) is 0 Å². The second-order valence-electron chi connectivity index (χ2n) is 12.7. The van der Waals surface area contributed by atoms with Gasteiger partial charge in [-0.1, -0.05) is 170 Å². The summed E-state index contributed by atoms with van der Waals surface area (Å²) in [6.45, 7) is 0. The first kappa shape index (κ1) is 27.7. The van der Waals surface area contributed by atoms with E-state index >= 15 is 0 Å². The van der Waals surface area contributed by atoms with Crippen molar-refractivity contribution < 1.29 is 4.42 Å². The minimum Gasteiger partial charge on any atom is -0.456 e. The van der Waals surface area contributed by atoms with Gasteiger partial charge in [0.2, 0.25) is 0 Å². The molecule has 1 nitrogen and oxygen atoms in total. The summed E-state index contributed by atoms with van der Waals surface area (Å²) in [5, 5.41) is 9.70. The number of hydrogen-bond donors (Lipinski definition) is 0. The number of hydrogen-bond acceptors (Lipinski definition) is 1. The molecule has 0 saturated carbocycles. The van der Waals surface area contributed by atoms with Crippen molar-refractivity contribution in [3.63, 3.8) is 0 Å². The summed E-state index contributed by atoms with van der Waals surface area (Å²) in [4.78, 5) is 0. The van der Waals surface area contributed by atoms with Crippen molar-refractivity contribution in [2.45, 2.75) is 0 Å². The quantitative estimate of drug-likeness (QED) is 0.178. The van der Waals surface area contributed by atoms with Crippen LogP contribution in [0.2, 0.25) is 0 Å². The predicted molar refractivity (Wildman–Crippen MR) is 208 cm³/mol. The van der Waals surface area contributed by atoms with Crippen molar-refractivity contribution in [2.75, 3.05) is 0 Å². The van der Waals surface area contributed by atoms with Crippen LogP contribution in [0.4, 0.5) is 0 Å². The largest absolute Gasteiger partial charge is 0.456 e. The average Bonchev–Trinajstić information content (AvgIpc) is 3.55. The Morgan fingerprint density at radius 1 is 0.286 bits per heavy atom. The van der Waals surface area contributed by atoms with E-state index < -0.39 is 0 Å². The highest BCUT2D eigenvalue weighted by Gasteiger charge is 2.26. The molecule has 0 aliphatic rings. The Labute approximate surface area is 284 Å². The minimum atomic E-state index is 0.892. The van der Waals surface area contributed by atoms with Gasteiger partial charge in [0.25, 0.3) is 0 Å². The number of rotatable bonds is 4. The molecular formula is C48H30O. The van der Waals surface area contributed by atoms with E-state index in [1.54, 1.807) is 0 Å². The van der Waals surface area contributed by atoms with Crippen LogP contribution in [-0.4, -0.2) is 0 Å². The lowest BCUT2D eigenvalue weighted by Gasteiger charge is -2.23. The predicted octanol–water partition coefficient (Wildman–Crippen LogP) is 13.7. The van der Waals surface area contributed by atoms with E-state index in [9.17, 15) is 0 Å². The molecule has 0 saturated heterocycles. The molecule has 10 aromatic rings. The highest BCUT2D eigenvalue weighted by molar-refractivity contribution is 6.28. The minimum absolute atomic E-state index is 0.892. The van der Waals surface area contributed by atoms with Crippen molar-refractivity contribution in [1.82, 2.24) is 0 Å². The van der Waals surface area contributed by atoms with Crippen LogP contribution >= 0.6 is 0 Å². The lowest BCUT2D eigenvalue weighted by Crippen LogP contribution is -1.96. The molecule has 228 valence electrons. The number of fused-ring (bicyclic) bond motifs is 6. The maximum Gasteiger partial charge on any atom is 0.136 e. The molecule has 0 bridgehead atoms. The second-order valence-corrected chi connectivity index (χ2v) is 12.7. The summed E-state index contributed by atoms with van der Waals surface area (Å²) in [7, 11) is 0. The van der Waals surface area contributed by atoms with Crippen molar-refractivity contribution in [2.24, 2.45) is 0 Å². The summed E-state index contributed by atoms with van der Waals surface area (Å²) < 4.78 is 6.66. The zero-order valence-electron chi connectivity index (χ0n) is 26.7. The average molecular weight is 623 g/mol. The van der Waals surface area contributed by atoms with Crippen molar-refractivity contribution in [3.8, 4) is 44.5 Å². The van der Waals surface area contributed by atoms with E-state index in [1.165, 1.54) is 60.1 Å². The number of furan rings is 1. The molecule has 0 fully saturated rings. The molecule has 0 aliphatic heterocycles. The van der Waals surface area contributed by atoms with Crippen LogP contribution in [0.15, 0.2) is 186 Å². The van der Waals surface area contributed by atoms with Gasteiger partial charge < -0.3 is 4.42 Å². The molecule has 10 rings (SSSR count).